The van der Waals surface area contributed by atoms with Crippen LogP contribution in [0.1, 0.15) is 19.8 Å². The molecule has 1 aromatic rings. The standard InChI is InChI=1S/C12H19N5O3/c1-3-5-14-10-7-9(17(19)20)8-11(16-10)15-6-4-12(18)13-2/h7-8H,3-6H2,1-2H3,(H,13,18)(H2,14,15,16). The zero-order valence-electron chi connectivity index (χ0n) is 11.6. The summed E-state index contributed by atoms with van der Waals surface area (Å²) in [5, 5.41) is 19.3. The van der Waals surface area contributed by atoms with E-state index in [1.165, 1.54) is 12.1 Å². The van der Waals surface area contributed by atoms with Gasteiger partial charge in [0.2, 0.25) is 5.91 Å². The fraction of sp³-hybridized carbons (Fsp3) is 0.500. The van der Waals surface area contributed by atoms with E-state index in [2.05, 4.69) is 20.9 Å². The Morgan fingerprint density at radius 2 is 1.90 bits per heavy atom. The molecule has 8 nitrogen and oxygen atoms in total. The molecule has 0 aliphatic rings. The van der Waals surface area contributed by atoms with Gasteiger partial charge in [-0.2, -0.15) is 0 Å². The van der Waals surface area contributed by atoms with Crippen molar-refractivity contribution < 1.29 is 9.72 Å². The third-order valence-corrected chi connectivity index (χ3v) is 2.51. The van der Waals surface area contributed by atoms with Crippen LogP contribution in [-0.2, 0) is 4.79 Å². The molecule has 0 saturated carbocycles. The van der Waals surface area contributed by atoms with Gasteiger partial charge in [0.15, 0.2) is 0 Å². The zero-order valence-corrected chi connectivity index (χ0v) is 11.6. The first-order chi connectivity index (χ1) is 9.56. The molecule has 0 bridgehead atoms. The van der Waals surface area contributed by atoms with Gasteiger partial charge in [-0.05, 0) is 6.42 Å². The summed E-state index contributed by atoms with van der Waals surface area (Å²) in [4.78, 5) is 25.7. The second-order valence-electron chi connectivity index (χ2n) is 4.13. The molecule has 0 radical (unpaired) electrons. The van der Waals surface area contributed by atoms with E-state index in [0.717, 1.165) is 6.42 Å². The molecular weight excluding hydrogens is 262 g/mol. The Morgan fingerprint density at radius 3 is 2.40 bits per heavy atom. The Bertz CT molecular complexity index is 478. The van der Waals surface area contributed by atoms with Gasteiger partial charge in [-0.1, -0.05) is 6.92 Å². The Hall–Kier alpha value is -2.38. The summed E-state index contributed by atoms with van der Waals surface area (Å²) in [5.74, 6) is 0.720. The number of hydrogen-bond donors (Lipinski definition) is 3. The molecule has 110 valence electrons. The van der Waals surface area contributed by atoms with E-state index < -0.39 is 4.92 Å². The fourth-order valence-corrected chi connectivity index (χ4v) is 1.48. The van der Waals surface area contributed by atoms with Crippen LogP contribution >= 0.6 is 0 Å². The number of anilines is 2. The number of rotatable bonds is 8. The smallest absolute Gasteiger partial charge is 0.276 e. The number of amides is 1. The third kappa shape index (κ3) is 5.09. The molecule has 1 heterocycles. The molecule has 0 aliphatic heterocycles. The highest BCUT2D eigenvalue weighted by molar-refractivity contribution is 5.76. The Morgan fingerprint density at radius 1 is 1.30 bits per heavy atom. The number of aromatic nitrogens is 1. The lowest BCUT2D eigenvalue weighted by atomic mass is 10.3. The lowest BCUT2D eigenvalue weighted by molar-refractivity contribution is -0.384. The van der Waals surface area contributed by atoms with Gasteiger partial charge in [0, 0.05) is 26.6 Å². The summed E-state index contributed by atoms with van der Waals surface area (Å²) in [6, 6.07) is 2.74. The molecule has 0 fully saturated rings. The Balaban J connectivity index is 2.75. The van der Waals surface area contributed by atoms with Gasteiger partial charge in [-0.25, -0.2) is 4.98 Å². The van der Waals surface area contributed by atoms with Crippen molar-refractivity contribution >= 4 is 23.2 Å². The average Bonchev–Trinajstić information content (AvgIpc) is 2.44. The van der Waals surface area contributed by atoms with Crippen molar-refractivity contribution in [3.63, 3.8) is 0 Å². The number of carbonyl (C=O) groups excluding carboxylic acids is 1. The van der Waals surface area contributed by atoms with E-state index in [1.54, 1.807) is 7.05 Å². The van der Waals surface area contributed by atoms with Crippen molar-refractivity contribution in [3.05, 3.63) is 22.2 Å². The van der Waals surface area contributed by atoms with Crippen LogP contribution in [0.2, 0.25) is 0 Å². The monoisotopic (exact) mass is 281 g/mol. The van der Waals surface area contributed by atoms with E-state index in [0.29, 0.717) is 24.7 Å². The Kier molecular flexibility index (Phi) is 6.21. The predicted octanol–water partition coefficient (Wildman–Crippen LogP) is 1.36. The van der Waals surface area contributed by atoms with Gasteiger partial charge >= 0.3 is 0 Å². The average molecular weight is 281 g/mol. The first kappa shape index (κ1) is 15.7. The van der Waals surface area contributed by atoms with Crippen molar-refractivity contribution in [2.24, 2.45) is 0 Å². The molecular formula is C12H19N5O3. The molecule has 20 heavy (non-hydrogen) atoms. The lowest BCUT2D eigenvalue weighted by Gasteiger charge is -2.08. The first-order valence-corrected chi connectivity index (χ1v) is 6.41. The lowest BCUT2D eigenvalue weighted by Crippen LogP contribution is -2.21. The second-order valence-corrected chi connectivity index (χ2v) is 4.13. The number of nitrogens with zero attached hydrogens (tertiary/aromatic N) is 2. The molecule has 1 aromatic heterocycles. The van der Waals surface area contributed by atoms with Gasteiger partial charge in [0.05, 0.1) is 17.1 Å². The SMILES string of the molecule is CCCNc1cc([N+](=O)[O-])cc(NCCC(=O)NC)n1. The summed E-state index contributed by atoms with van der Waals surface area (Å²) in [5.41, 5.74) is -0.0407. The molecule has 1 rings (SSSR count). The van der Waals surface area contributed by atoms with Crippen molar-refractivity contribution in [2.75, 3.05) is 30.8 Å². The van der Waals surface area contributed by atoms with E-state index in [1.807, 2.05) is 6.92 Å². The van der Waals surface area contributed by atoms with Gasteiger partial charge < -0.3 is 16.0 Å². The van der Waals surface area contributed by atoms with Crippen molar-refractivity contribution in [3.8, 4) is 0 Å². The second kappa shape index (κ2) is 7.93. The van der Waals surface area contributed by atoms with Crippen LogP contribution in [0.3, 0.4) is 0 Å². The van der Waals surface area contributed by atoms with Gasteiger partial charge in [0.1, 0.15) is 11.6 Å². The highest BCUT2D eigenvalue weighted by atomic mass is 16.6. The number of nitrogens with one attached hydrogen (secondary N) is 3. The minimum atomic E-state index is -0.470. The van der Waals surface area contributed by atoms with Gasteiger partial charge in [0.25, 0.3) is 5.69 Å². The van der Waals surface area contributed by atoms with Gasteiger partial charge in [-0.15, -0.1) is 0 Å². The summed E-state index contributed by atoms with van der Waals surface area (Å²) in [6.07, 6.45) is 1.17. The topological polar surface area (TPSA) is 109 Å². The largest absolute Gasteiger partial charge is 0.370 e. The van der Waals surface area contributed by atoms with Crippen molar-refractivity contribution in [1.29, 1.82) is 0 Å². The van der Waals surface area contributed by atoms with E-state index in [9.17, 15) is 14.9 Å². The van der Waals surface area contributed by atoms with E-state index in [-0.39, 0.29) is 18.0 Å². The summed E-state index contributed by atoms with van der Waals surface area (Å²) in [7, 11) is 1.56. The van der Waals surface area contributed by atoms with E-state index >= 15 is 0 Å². The normalized spacial score (nSPS) is 9.90. The van der Waals surface area contributed by atoms with Crippen LogP contribution < -0.4 is 16.0 Å². The highest BCUT2D eigenvalue weighted by Crippen LogP contribution is 2.20. The minimum absolute atomic E-state index is 0.0407. The molecule has 1 amide bonds. The molecule has 0 unspecified atom stereocenters. The third-order valence-electron chi connectivity index (χ3n) is 2.51. The molecule has 8 heteroatoms. The predicted molar refractivity (Wildman–Crippen MR) is 76.8 cm³/mol. The highest BCUT2D eigenvalue weighted by Gasteiger charge is 2.11. The number of nitro groups is 1. The Labute approximate surface area is 117 Å². The molecule has 3 N–H and O–H groups in total. The number of carbonyl (C=O) groups is 1. The van der Waals surface area contributed by atoms with Gasteiger partial charge in [-0.3, -0.25) is 14.9 Å². The zero-order chi connectivity index (χ0) is 15.0. The molecule has 0 spiro atoms. The maximum Gasteiger partial charge on any atom is 0.276 e. The molecule has 0 aliphatic carbocycles. The van der Waals surface area contributed by atoms with Crippen LogP contribution in [0.15, 0.2) is 12.1 Å². The van der Waals surface area contributed by atoms with Crippen LogP contribution in [0, 0.1) is 10.1 Å². The summed E-state index contributed by atoms with van der Waals surface area (Å²) in [6.45, 7) is 3.04. The van der Waals surface area contributed by atoms with Crippen LogP contribution in [0.4, 0.5) is 17.3 Å². The number of pyridine rings is 1. The van der Waals surface area contributed by atoms with Crippen LogP contribution in [0.25, 0.3) is 0 Å². The number of hydrogen-bond acceptors (Lipinski definition) is 6. The quantitative estimate of drug-likeness (QED) is 0.490. The fourth-order valence-electron chi connectivity index (χ4n) is 1.48. The summed E-state index contributed by atoms with van der Waals surface area (Å²) < 4.78 is 0. The first-order valence-electron chi connectivity index (χ1n) is 6.41. The van der Waals surface area contributed by atoms with Crippen molar-refractivity contribution in [2.45, 2.75) is 19.8 Å². The maximum absolute atomic E-state index is 11.1. The maximum atomic E-state index is 11.1. The molecule has 0 atom stereocenters. The van der Waals surface area contributed by atoms with Crippen LogP contribution in [0.5, 0.6) is 0 Å². The molecule has 0 aromatic carbocycles. The summed E-state index contributed by atoms with van der Waals surface area (Å²) >= 11 is 0. The van der Waals surface area contributed by atoms with Crippen molar-refractivity contribution in [1.82, 2.24) is 10.3 Å². The minimum Gasteiger partial charge on any atom is -0.370 e. The molecule has 0 saturated heterocycles. The van der Waals surface area contributed by atoms with Crippen LogP contribution in [-0.4, -0.2) is 36.0 Å². The van der Waals surface area contributed by atoms with E-state index in [4.69, 9.17) is 0 Å².